The molecule has 1 aliphatic heterocycles. The molecule has 0 saturated carbocycles. The molecule has 104 valence electrons. The van der Waals surface area contributed by atoms with Crippen molar-refractivity contribution in [2.24, 2.45) is 0 Å². The highest BCUT2D eigenvalue weighted by molar-refractivity contribution is 5.74. The van der Waals surface area contributed by atoms with E-state index in [1.54, 1.807) is 0 Å². The van der Waals surface area contributed by atoms with Crippen molar-refractivity contribution >= 4 is 5.97 Å². The third-order valence-corrected chi connectivity index (χ3v) is 3.15. The first kappa shape index (κ1) is 14.0. The quantitative estimate of drug-likeness (QED) is 0.599. The largest absolute Gasteiger partial charge is 0.462 e. The van der Waals surface area contributed by atoms with Crippen LogP contribution >= 0.6 is 0 Å². The lowest BCUT2D eigenvalue weighted by molar-refractivity contribution is -0.154. The summed E-state index contributed by atoms with van der Waals surface area (Å²) in [5, 5.41) is 3.26. The van der Waals surface area contributed by atoms with E-state index in [4.69, 9.17) is 9.47 Å². The number of rotatable bonds is 7. The first-order valence-electron chi connectivity index (χ1n) is 6.89. The second kappa shape index (κ2) is 7.92. The molecule has 19 heavy (non-hydrogen) atoms. The Balaban J connectivity index is 1.49. The maximum atomic E-state index is 11.5. The summed E-state index contributed by atoms with van der Waals surface area (Å²) >= 11 is 0. The Morgan fingerprint density at radius 3 is 2.89 bits per heavy atom. The smallest absolute Gasteiger partial charge is 0.335 e. The molecule has 0 bridgehead atoms. The van der Waals surface area contributed by atoms with E-state index in [2.05, 4.69) is 17.4 Å². The highest BCUT2D eigenvalue weighted by Crippen LogP contribution is 2.12. The molecule has 1 heterocycles. The summed E-state index contributed by atoms with van der Waals surface area (Å²) in [6.07, 6.45) is 2.40. The second-order valence-electron chi connectivity index (χ2n) is 4.65. The first-order chi connectivity index (χ1) is 9.36. The van der Waals surface area contributed by atoms with Gasteiger partial charge in [-0.1, -0.05) is 30.3 Å². The number of carbonyl (C=O) groups excluding carboxylic acids is 1. The summed E-state index contributed by atoms with van der Waals surface area (Å²) in [6, 6.07) is 10.3. The summed E-state index contributed by atoms with van der Waals surface area (Å²) in [7, 11) is 0. The van der Waals surface area contributed by atoms with E-state index in [1.165, 1.54) is 5.56 Å². The Kier molecular flexibility index (Phi) is 5.85. The zero-order chi connectivity index (χ0) is 13.3. The lowest BCUT2D eigenvalue weighted by Crippen LogP contribution is -2.27. The van der Waals surface area contributed by atoms with E-state index < -0.39 is 0 Å². The minimum Gasteiger partial charge on any atom is -0.462 e. The maximum absolute atomic E-state index is 11.5. The van der Waals surface area contributed by atoms with Crippen LogP contribution in [0, 0.1) is 0 Å². The van der Waals surface area contributed by atoms with E-state index in [0.29, 0.717) is 19.8 Å². The normalized spacial score (nSPS) is 18.4. The van der Waals surface area contributed by atoms with E-state index >= 15 is 0 Å². The Morgan fingerprint density at radius 1 is 1.32 bits per heavy atom. The fourth-order valence-electron chi connectivity index (χ4n) is 2.08. The fraction of sp³-hybridized carbons (Fsp3) is 0.533. The van der Waals surface area contributed by atoms with Gasteiger partial charge in [-0.25, -0.2) is 4.79 Å². The molecule has 0 spiro atoms. The van der Waals surface area contributed by atoms with Crippen molar-refractivity contribution in [1.82, 2.24) is 5.32 Å². The minimum absolute atomic E-state index is 0.220. The van der Waals surface area contributed by atoms with Gasteiger partial charge in [-0.2, -0.15) is 0 Å². The maximum Gasteiger partial charge on any atom is 0.335 e. The molecule has 1 saturated heterocycles. The van der Waals surface area contributed by atoms with Gasteiger partial charge in [0.2, 0.25) is 0 Å². The topological polar surface area (TPSA) is 47.6 Å². The molecule has 1 aliphatic rings. The second-order valence-corrected chi connectivity index (χ2v) is 4.65. The van der Waals surface area contributed by atoms with Gasteiger partial charge in [-0.05, 0) is 31.4 Å². The Labute approximate surface area is 114 Å². The Bertz CT molecular complexity index is 374. The summed E-state index contributed by atoms with van der Waals surface area (Å²) in [6.45, 7) is 2.66. The van der Waals surface area contributed by atoms with Crippen molar-refractivity contribution in [2.45, 2.75) is 25.4 Å². The summed E-state index contributed by atoms with van der Waals surface area (Å²) in [4.78, 5) is 11.5. The standard InChI is InChI=1S/C15H21NO3/c17-15(14-7-4-11-18-14)19-12-10-16-9-8-13-5-2-1-3-6-13/h1-3,5-6,14,16H,4,7-12H2. The van der Waals surface area contributed by atoms with Crippen molar-refractivity contribution < 1.29 is 14.3 Å². The van der Waals surface area contributed by atoms with E-state index in [-0.39, 0.29) is 12.1 Å². The molecule has 0 aromatic heterocycles. The third kappa shape index (κ3) is 5.01. The van der Waals surface area contributed by atoms with Crippen LogP contribution in [0.5, 0.6) is 0 Å². The summed E-state index contributed by atoms with van der Waals surface area (Å²) < 4.78 is 10.4. The summed E-state index contributed by atoms with van der Waals surface area (Å²) in [5.41, 5.74) is 1.31. The average molecular weight is 263 g/mol. The lowest BCUT2D eigenvalue weighted by Gasteiger charge is -2.10. The molecule has 1 unspecified atom stereocenters. The van der Waals surface area contributed by atoms with Crippen LogP contribution < -0.4 is 5.32 Å². The van der Waals surface area contributed by atoms with E-state index in [0.717, 1.165) is 25.8 Å². The van der Waals surface area contributed by atoms with Gasteiger partial charge in [-0.15, -0.1) is 0 Å². The predicted octanol–water partition coefficient (Wildman–Crippen LogP) is 1.54. The van der Waals surface area contributed by atoms with Gasteiger partial charge in [0, 0.05) is 13.2 Å². The highest BCUT2D eigenvalue weighted by atomic mass is 16.6. The molecule has 0 radical (unpaired) electrons. The Hall–Kier alpha value is -1.39. The number of hydrogen-bond acceptors (Lipinski definition) is 4. The fourth-order valence-corrected chi connectivity index (χ4v) is 2.08. The van der Waals surface area contributed by atoms with Crippen molar-refractivity contribution in [3.05, 3.63) is 35.9 Å². The van der Waals surface area contributed by atoms with Crippen LogP contribution in [0.15, 0.2) is 30.3 Å². The van der Waals surface area contributed by atoms with Crippen molar-refractivity contribution in [3.63, 3.8) is 0 Å². The number of hydrogen-bond donors (Lipinski definition) is 1. The molecule has 4 nitrogen and oxygen atoms in total. The molecular weight excluding hydrogens is 242 g/mol. The molecule has 1 atom stereocenters. The average Bonchev–Trinajstić information content (AvgIpc) is 2.98. The van der Waals surface area contributed by atoms with Gasteiger partial charge in [0.25, 0.3) is 0 Å². The van der Waals surface area contributed by atoms with Crippen LogP contribution in [-0.4, -0.2) is 38.4 Å². The molecule has 1 aromatic rings. The van der Waals surface area contributed by atoms with Crippen molar-refractivity contribution in [3.8, 4) is 0 Å². The number of benzene rings is 1. The third-order valence-electron chi connectivity index (χ3n) is 3.15. The van der Waals surface area contributed by atoms with Gasteiger partial charge in [0.05, 0.1) is 0 Å². The van der Waals surface area contributed by atoms with Gasteiger partial charge >= 0.3 is 5.97 Å². The molecule has 2 rings (SSSR count). The van der Waals surface area contributed by atoms with Gasteiger partial charge in [0.15, 0.2) is 6.10 Å². The summed E-state index contributed by atoms with van der Waals surface area (Å²) in [5.74, 6) is -0.220. The van der Waals surface area contributed by atoms with Crippen LogP contribution in [0.2, 0.25) is 0 Å². The molecule has 1 fully saturated rings. The molecule has 4 heteroatoms. The van der Waals surface area contributed by atoms with E-state index in [1.807, 2.05) is 18.2 Å². The molecule has 0 amide bonds. The van der Waals surface area contributed by atoms with Gasteiger partial charge in [0.1, 0.15) is 6.61 Å². The number of nitrogens with one attached hydrogen (secondary N) is 1. The number of ether oxygens (including phenoxy) is 2. The number of esters is 1. The zero-order valence-electron chi connectivity index (χ0n) is 11.1. The van der Waals surface area contributed by atoms with Crippen LogP contribution in [0.3, 0.4) is 0 Å². The molecule has 1 N–H and O–H groups in total. The monoisotopic (exact) mass is 263 g/mol. The van der Waals surface area contributed by atoms with Crippen molar-refractivity contribution in [2.75, 3.05) is 26.3 Å². The van der Waals surface area contributed by atoms with Gasteiger partial charge < -0.3 is 14.8 Å². The molecular formula is C15H21NO3. The van der Waals surface area contributed by atoms with Crippen LogP contribution in [0.25, 0.3) is 0 Å². The van der Waals surface area contributed by atoms with Gasteiger partial charge in [-0.3, -0.25) is 0 Å². The van der Waals surface area contributed by atoms with E-state index in [9.17, 15) is 4.79 Å². The zero-order valence-corrected chi connectivity index (χ0v) is 11.1. The van der Waals surface area contributed by atoms with Crippen molar-refractivity contribution in [1.29, 1.82) is 0 Å². The Morgan fingerprint density at radius 2 is 2.16 bits per heavy atom. The van der Waals surface area contributed by atoms with Crippen LogP contribution in [0.4, 0.5) is 0 Å². The predicted molar refractivity (Wildman–Crippen MR) is 72.9 cm³/mol. The lowest BCUT2D eigenvalue weighted by atomic mass is 10.1. The first-order valence-corrected chi connectivity index (χ1v) is 6.89. The minimum atomic E-state index is -0.329. The SMILES string of the molecule is O=C(OCCNCCc1ccccc1)C1CCCO1. The molecule has 1 aromatic carbocycles. The van der Waals surface area contributed by atoms with Crippen LogP contribution in [-0.2, 0) is 20.7 Å². The highest BCUT2D eigenvalue weighted by Gasteiger charge is 2.24. The number of carbonyl (C=O) groups is 1. The van der Waals surface area contributed by atoms with Crippen LogP contribution in [0.1, 0.15) is 18.4 Å². The molecule has 0 aliphatic carbocycles.